The smallest absolute Gasteiger partial charge is 0.351 e. The number of sulfonamides is 1. The van der Waals surface area contributed by atoms with E-state index >= 15 is 0 Å². The topological polar surface area (TPSA) is 75.3 Å². The van der Waals surface area contributed by atoms with Gasteiger partial charge in [-0.05, 0) is 30.3 Å². The Labute approximate surface area is 153 Å². The summed E-state index contributed by atoms with van der Waals surface area (Å²) in [4.78, 5) is 11.2. The molecular weight excluding hydrogens is 393 g/mol. The molecule has 0 saturated heterocycles. The molecule has 0 unspecified atom stereocenters. The van der Waals surface area contributed by atoms with E-state index in [9.17, 15) is 26.4 Å². The van der Waals surface area contributed by atoms with E-state index in [0.717, 1.165) is 12.1 Å². The van der Waals surface area contributed by atoms with Gasteiger partial charge in [-0.15, -0.1) is 0 Å². The second-order valence-electron chi connectivity index (χ2n) is 5.16. The lowest BCUT2D eigenvalue weighted by atomic mass is 10.2. The largest absolute Gasteiger partial charge is 0.417 e. The minimum absolute atomic E-state index is 0.0350. The summed E-state index contributed by atoms with van der Waals surface area (Å²) in [5.74, 6) is -0.393. The van der Waals surface area contributed by atoms with Crippen molar-refractivity contribution in [1.82, 2.24) is 10.0 Å². The SMILES string of the molecule is O=C(NCCNS(=O)(=O)c1ccc(Cl)c(C(F)(F)F)c1)c1ccccc1. The number of rotatable bonds is 6. The maximum atomic E-state index is 12.8. The van der Waals surface area contributed by atoms with Crippen molar-refractivity contribution in [3.63, 3.8) is 0 Å². The van der Waals surface area contributed by atoms with Crippen molar-refractivity contribution < 1.29 is 26.4 Å². The lowest BCUT2D eigenvalue weighted by Gasteiger charge is -2.12. The molecule has 0 aliphatic rings. The van der Waals surface area contributed by atoms with Crippen molar-refractivity contribution >= 4 is 27.5 Å². The molecule has 0 heterocycles. The van der Waals surface area contributed by atoms with Crippen molar-refractivity contribution in [1.29, 1.82) is 0 Å². The molecule has 0 bridgehead atoms. The molecule has 0 saturated carbocycles. The van der Waals surface area contributed by atoms with Crippen LogP contribution in [0.5, 0.6) is 0 Å². The number of alkyl halides is 3. The van der Waals surface area contributed by atoms with Crippen LogP contribution in [-0.4, -0.2) is 27.4 Å². The highest BCUT2D eigenvalue weighted by molar-refractivity contribution is 7.89. The van der Waals surface area contributed by atoms with Gasteiger partial charge in [0.25, 0.3) is 5.91 Å². The average Bonchev–Trinajstić information content (AvgIpc) is 2.58. The van der Waals surface area contributed by atoms with Crippen molar-refractivity contribution in [3.8, 4) is 0 Å². The molecule has 1 amide bonds. The first-order valence-electron chi connectivity index (χ1n) is 7.31. The summed E-state index contributed by atoms with van der Waals surface area (Å²) in [6.07, 6.45) is -4.77. The summed E-state index contributed by atoms with van der Waals surface area (Å²) in [5, 5.41) is 1.91. The summed E-state index contributed by atoms with van der Waals surface area (Å²) in [6.45, 7) is -0.225. The minimum Gasteiger partial charge on any atom is -0.351 e. The molecule has 0 radical (unpaired) electrons. The monoisotopic (exact) mass is 406 g/mol. The van der Waals surface area contributed by atoms with Gasteiger partial charge in [-0.1, -0.05) is 29.8 Å². The van der Waals surface area contributed by atoms with Crippen molar-refractivity contribution in [2.24, 2.45) is 0 Å². The molecule has 2 aromatic rings. The summed E-state index contributed by atoms with van der Waals surface area (Å²) in [5.41, 5.74) is -0.831. The molecule has 0 aromatic heterocycles. The average molecular weight is 407 g/mol. The Balaban J connectivity index is 1.98. The summed E-state index contributed by atoms with van der Waals surface area (Å²) >= 11 is 5.47. The van der Waals surface area contributed by atoms with Gasteiger partial charge in [-0.3, -0.25) is 4.79 Å². The van der Waals surface area contributed by atoms with Gasteiger partial charge >= 0.3 is 6.18 Å². The van der Waals surface area contributed by atoms with Crippen molar-refractivity contribution in [2.45, 2.75) is 11.1 Å². The van der Waals surface area contributed by atoms with E-state index in [0.29, 0.717) is 11.6 Å². The van der Waals surface area contributed by atoms with E-state index in [2.05, 4.69) is 10.0 Å². The van der Waals surface area contributed by atoms with Gasteiger partial charge < -0.3 is 5.32 Å². The van der Waals surface area contributed by atoms with E-state index < -0.39 is 37.6 Å². The molecule has 0 fully saturated rings. The van der Waals surface area contributed by atoms with Crippen LogP contribution in [0.25, 0.3) is 0 Å². The molecular formula is C16H14ClF3N2O3S. The van der Waals surface area contributed by atoms with Crippen LogP contribution >= 0.6 is 11.6 Å². The number of halogens is 4. The highest BCUT2D eigenvalue weighted by Crippen LogP contribution is 2.35. The van der Waals surface area contributed by atoms with Crippen LogP contribution in [0.4, 0.5) is 13.2 Å². The van der Waals surface area contributed by atoms with Gasteiger partial charge in [0, 0.05) is 18.7 Å². The van der Waals surface area contributed by atoms with Gasteiger partial charge in [-0.25, -0.2) is 13.1 Å². The number of hydrogen-bond donors (Lipinski definition) is 2. The Bertz CT molecular complexity index is 887. The molecule has 2 rings (SSSR count). The van der Waals surface area contributed by atoms with Crippen LogP contribution in [0.15, 0.2) is 53.4 Å². The first kappa shape index (κ1) is 20.2. The zero-order valence-electron chi connectivity index (χ0n) is 13.2. The third kappa shape index (κ3) is 5.20. The molecule has 0 atom stereocenters. The Morgan fingerprint density at radius 1 is 1.04 bits per heavy atom. The molecule has 0 aliphatic heterocycles. The molecule has 26 heavy (non-hydrogen) atoms. The number of amides is 1. The number of carbonyl (C=O) groups excluding carboxylic acids is 1. The summed E-state index contributed by atoms with van der Waals surface area (Å²) < 4.78 is 64.8. The van der Waals surface area contributed by atoms with E-state index in [1.807, 2.05) is 0 Å². The first-order valence-corrected chi connectivity index (χ1v) is 9.17. The van der Waals surface area contributed by atoms with Crippen molar-refractivity contribution in [3.05, 3.63) is 64.7 Å². The molecule has 140 valence electrons. The van der Waals surface area contributed by atoms with Gasteiger partial charge in [0.05, 0.1) is 15.5 Å². The van der Waals surface area contributed by atoms with Gasteiger partial charge in [-0.2, -0.15) is 13.2 Å². The predicted molar refractivity (Wildman–Crippen MR) is 90.4 cm³/mol. The van der Waals surface area contributed by atoms with Gasteiger partial charge in [0.15, 0.2) is 0 Å². The molecule has 10 heteroatoms. The molecule has 5 nitrogen and oxygen atoms in total. The number of hydrogen-bond acceptors (Lipinski definition) is 3. The third-order valence-corrected chi connectivity index (χ3v) is 5.08. The third-order valence-electron chi connectivity index (χ3n) is 3.29. The number of carbonyl (C=O) groups is 1. The van der Waals surface area contributed by atoms with Crippen LogP contribution in [-0.2, 0) is 16.2 Å². The minimum atomic E-state index is -4.77. The fourth-order valence-corrected chi connectivity index (χ4v) is 3.31. The number of benzene rings is 2. The van der Waals surface area contributed by atoms with E-state index in [4.69, 9.17) is 11.6 Å². The standard InChI is InChI=1S/C16H14ClF3N2O3S/c17-14-7-6-12(10-13(14)16(18,19)20)26(24,25)22-9-8-21-15(23)11-4-2-1-3-5-11/h1-7,10,22H,8-9H2,(H,21,23). The second-order valence-corrected chi connectivity index (χ2v) is 7.33. The maximum absolute atomic E-state index is 12.8. The fourth-order valence-electron chi connectivity index (χ4n) is 2.03. The number of nitrogens with one attached hydrogen (secondary N) is 2. The normalized spacial score (nSPS) is 12.0. The highest BCUT2D eigenvalue weighted by Gasteiger charge is 2.34. The van der Waals surface area contributed by atoms with Crippen LogP contribution in [0.1, 0.15) is 15.9 Å². The fraction of sp³-hybridized carbons (Fsp3) is 0.188. The van der Waals surface area contributed by atoms with Crippen LogP contribution < -0.4 is 10.0 Å². The van der Waals surface area contributed by atoms with E-state index in [-0.39, 0.29) is 13.1 Å². The highest BCUT2D eigenvalue weighted by atomic mass is 35.5. The Kier molecular flexibility index (Phi) is 6.27. The van der Waals surface area contributed by atoms with Crippen LogP contribution in [0, 0.1) is 0 Å². The zero-order valence-corrected chi connectivity index (χ0v) is 14.8. The second kappa shape index (κ2) is 8.07. The Morgan fingerprint density at radius 2 is 1.69 bits per heavy atom. The van der Waals surface area contributed by atoms with Gasteiger partial charge in [0.1, 0.15) is 0 Å². The Hall–Kier alpha value is -2.10. The summed E-state index contributed by atoms with van der Waals surface area (Å²) in [6, 6.07) is 10.6. The zero-order chi connectivity index (χ0) is 19.4. The molecule has 0 spiro atoms. The predicted octanol–water partition coefficient (Wildman–Crippen LogP) is 3.07. The Morgan fingerprint density at radius 3 is 2.31 bits per heavy atom. The summed E-state index contributed by atoms with van der Waals surface area (Å²) in [7, 11) is -4.18. The molecule has 0 aliphatic carbocycles. The van der Waals surface area contributed by atoms with Crippen LogP contribution in [0.2, 0.25) is 5.02 Å². The van der Waals surface area contributed by atoms with E-state index in [1.54, 1.807) is 30.3 Å². The quantitative estimate of drug-likeness (QED) is 0.724. The maximum Gasteiger partial charge on any atom is 0.417 e. The molecule has 2 aromatic carbocycles. The lowest BCUT2D eigenvalue weighted by Crippen LogP contribution is -2.34. The lowest BCUT2D eigenvalue weighted by molar-refractivity contribution is -0.137. The van der Waals surface area contributed by atoms with E-state index in [1.165, 1.54) is 0 Å². The molecule has 2 N–H and O–H groups in total. The van der Waals surface area contributed by atoms with Crippen molar-refractivity contribution in [2.75, 3.05) is 13.1 Å². The van der Waals surface area contributed by atoms with Crippen LogP contribution in [0.3, 0.4) is 0 Å². The van der Waals surface area contributed by atoms with Gasteiger partial charge in [0.2, 0.25) is 10.0 Å². The first-order chi connectivity index (χ1) is 12.1.